The van der Waals surface area contributed by atoms with E-state index in [0.29, 0.717) is 18.7 Å². The fourth-order valence-electron chi connectivity index (χ4n) is 1.45. The molecule has 1 unspecified atom stereocenters. The van der Waals surface area contributed by atoms with Crippen molar-refractivity contribution in [3.05, 3.63) is 30.3 Å². The standard InChI is InChI=1S/C11H12N2O3/c1-15-11(7-8-16-10(11)14)13-12-9-5-3-2-4-6-9/h2-6H,7-8H2,1H3. The molecular formula is C11H12N2O3. The van der Waals surface area contributed by atoms with Gasteiger partial charge in [0.25, 0.3) is 5.72 Å². The van der Waals surface area contributed by atoms with E-state index in [1.54, 1.807) is 12.1 Å². The number of esters is 1. The Morgan fingerprint density at radius 3 is 2.69 bits per heavy atom. The van der Waals surface area contributed by atoms with Crippen LogP contribution >= 0.6 is 0 Å². The van der Waals surface area contributed by atoms with E-state index in [4.69, 9.17) is 9.47 Å². The summed E-state index contributed by atoms with van der Waals surface area (Å²) >= 11 is 0. The van der Waals surface area contributed by atoms with Gasteiger partial charge in [0.1, 0.15) is 0 Å². The van der Waals surface area contributed by atoms with Crippen LogP contribution in [0, 0.1) is 0 Å². The largest absolute Gasteiger partial charge is 0.462 e. The minimum atomic E-state index is -1.25. The number of benzene rings is 1. The Kier molecular flexibility index (Phi) is 2.96. The molecule has 0 aliphatic carbocycles. The van der Waals surface area contributed by atoms with Crippen LogP contribution < -0.4 is 0 Å². The second-order valence-electron chi connectivity index (χ2n) is 3.41. The van der Waals surface area contributed by atoms with E-state index in [1.807, 2.05) is 18.2 Å². The van der Waals surface area contributed by atoms with Gasteiger partial charge in [0.15, 0.2) is 0 Å². The molecule has 0 aromatic heterocycles. The van der Waals surface area contributed by atoms with Crippen LogP contribution in [0.1, 0.15) is 6.42 Å². The number of methoxy groups -OCH3 is 1. The zero-order chi connectivity index (χ0) is 11.4. The molecule has 16 heavy (non-hydrogen) atoms. The molecule has 84 valence electrons. The lowest BCUT2D eigenvalue weighted by molar-refractivity contribution is -0.155. The van der Waals surface area contributed by atoms with Gasteiger partial charge in [-0.25, -0.2) is 4.79 Å². The lowest BCUT2D eigenvalue weighted by Gasteiger charge is -2.15. The molecular weight excluding hydrogens is 208 g/mol. The van der Waals surface area contributed by atoms with Gasteiger partial charge in [0, 0.05) is 13.5 Å². The van der Waals surface area contributed by atoms with Gasteiger partial charge < -0.3 is 9.47 Å². The highest BCUT2D eigenvalue weighted by Crippen LogP contribution is 2.27. The minimum absolute atomic E-state index is 0.320. The van der Waals surface area contributed by atoms with Crippen molar-refractivity contribution < 1.29 is 14.3 Å². The van der Waals surface area contributed by atoms with Crippen LogP contribution in [-0.4, -0.2) is 25.4 Å². The van der Waals surface area contributed by atoms with E-state index in [9.17, 15) is 4.79 Å². The molecule has 0 amide bonds. The third-order valence-electron chi connectivity index (χ3n) is 2.41. The summed E-state index contributed by atoms with van der Waals surface area (Å²) in [4.78, 5) is 11.4. The van der Waals surface area contributed by atoms with Crippen molar-refractivity contribution in [1.29, 1.82) is 0 Å². The number of rotatable bonds is 3. The van der Waals surface area contributed by atoms with E-state index < -0.39 is 11.7 Å². The van der Waals surface area contributed by atoms with Crippen molar-refractivity contribution in [2.45, 2.75) is 12.1 Å². The molecule has 1 aromatic carbocycles. The predicted octanol–water partition coefficient (Wildman–Crippen LogP) is 2.06. The molecule has 1 heterocycles. The van der Waals surface area contributed by atoms with Crippen molar-refractivity contribution in [2.24, 2.45) is 10.2 Å². The van der Waals surface area contributed by atoms with Gasteiger partial charge in [0.2, 0.25) is 0 Å². The maximum absolute atomic E-state index is 11.4. The second kappa shape index (κ2) is 4.40. The molecule has 1 atom stereocenters. The first kappa shape index (κ1) is 10.8. The van der Waals surface area contributed by atoms with E-state index >= 15 is 0 Å². The summed E-state index contributed by atoms with van der Waals surface area (Å²) in [7, 11) is 1.43. The van der Waals surface area contributed by atoms with Gasteiger partial charge in [-0.2, -0.15) is 5.11 Å². The van der Waals surface area contributed by atoms with Crippen molar-refractivity contribution in [3.63, 3.8) is 0 Å². The van der Waals surface area contributed by atoms with Crippen molar-refractivity contribution in [1.82, 2.24) is 0 Å². The molecule has 1 aliphatic heterocycles. The van der Waals surface area contributed by atoms with Crippen LogP contribution in [0.25, 0.3) is 0 Å². The quantitative estimate of drug-likeness (QED) is 0.578. The van der Waals surface area contributed by atoms with Crippen LogP contribution in [0.4, 0.5) is 5.69 Å². The summed E-state index contributed by atoms with van der Waals surface area (Å²) in [6.07, 6.45) is 0.401. The van der Waals surface area contributed by atoms with E-state index in [2.05, 4.69) is 10.2 Å². The summed E-state index contributed by atoms with van der Waals surface area (Å²) in [5.74, 6) is -0.477. The summed E-state index contributed by atoms with van der Waals surface area (Å²) < 4.78 is 9.93. The van der Waals surface area contributed by atoms with Gasteiger partial charge in [0.05, 0.1) is 12.3 Å². The van der Waals surface area contributed by atoms with Gasteiger partial charge >= 0.3 is 5.97 Å². The van der Waals surface area contributed by atoms with Crippen molar-refractivity contribution in [2.75, 3.05) is 13.7 Å². The molecule has 0 saturated carbocycles. The smallest absolute Gasteiger partial charge is 0.363 e. The molecule has 1 fully saturated rings. The van der Waals surface area contributed by atoms with Gasteiger partial charge in [-0.1, -0.05) is 18.2 Å². The first-order chi connectivity index (χ1) is 7.77. The van der Waals surface area contributed by atoms with Crippen LogP contribution in [-0.2, 0) is 14.3 Å². The molecule has 0 bridgehead atoms. The first-order valence-corrected chi connectivity index (χ1v) is 4.97. The van der Waals surface area contributed by atoms with Gasteiger partial charge in [-0.15, -0.1) is 5.11 Å². The monoisotopic (exact) mass is 220 g/mol. The van der Waals surface area contributed by atoms with Crippen LogP contribution in [0.2, 0.25) is 0 Å². The molecule has 5 nitrogen and oxygen atoms in total. The highest BCUT2D eigenvalue weighted by Gasteiger charge is 2.46. The number of nitrogens with zero attached hydrogens (tertiary/aromatic N) is 2. The molecule has 1 aliphatic rings. The first-order valence-electron chi connectivity index (χ1n) is 4.97. The number of hydrogen-bond acceptors (Lipinski definition) is 5. The summed E-state index contributed by atoms with van der Waals surface area (Å²) in [6.45, 7) is 0.320. The Balaban J connectivity index is 2.19. The predicted molar refractivity (Wildman–Crippen MR) is 56.3 cm³/mol. The molecule has 5 heteroatoms. The molecule has 0 radical (unpaired) electrons. The average molecular weight is 220 g/mol. The number of carbonyl (C=O) groups is 1. The minimum Gasteiger partial charge on any atom is -0.462 e. The zero-order valence-corrected chi connectivity index (χ0v) is 8.92. The van der Waals surface area contributed by atoms with Gasteiger partial charge in [-0.05, 0) is 12.1 Å². The Morgan fingerprint density at radius 2 is 2.12 bits per heavy atom. The van der Waals surface area contributed by atoms with E-state index in [0.717, 1.165) is 0 Å². The fourth-order valence-corrected chi connectivity index (χ4v) is 1.45. The number of carbonyl (C=O) groups excluding carboxylic acids is 1. The summed E-state index contributed by atoms with van der Waals surface area (Å²) in [6, 6.07) is 9.18. The molecule has 2 rings (SSSR count). The number of ether oxygens (including phenoxy) is 2. The lowest BCUT2D eigenvalue weighted by atomic mass is 10.2. The highest BCUT2D eigenvalue weighted by atomic mass is 16.6. The van der Waals surface area contributed by atoms with Crippen molar-refractivity contribution >= 4 is 11.7 Å². The Morgan fingerprint density at radius 1 is 1.38 bits per heavy atom. The Hall–Kier alpha value is -1.75. The lowest BCUT2D eigenvalue weighted by Crippen LogP contribution is -2.33. The molecule has 0 spiro atoms. The summed E-state index contributed by atoms with van der Waals surface area (Å²) in [5, 5.41) is 7.93. The van der Waals surface area contributed by atoms with Crippen LogP contribution in [0.3, 0.4) is 0 Å². The van der Waals surface area contributed by atoms with Crippen LogP contribution in [0.5, 0.6) is 0 Å². The number of azo groups is 1. The Bertz CT molecular complexity index is 405. The zero-order valence-electron chi connectivity index (χ0n) is 8.92. The van der Waals surface area contributed by atoms with Crippen LogP contribution in [0.15, 0.2) is 40.6 Å². The Labute approximate surface area is 93.1 Å². The third-order valence-corrected chi connectivity index (χ3v) is 2.41. The molecule has 1 saturated heterocycles. The van der Waals surface area contributed by atoms with Crippen molar-refractivity contribution in [3.8, 4) is 0 Å². The van der Waals surface area contributed by atoms with E-state index in [-0.39, 0.29) is 0 Å². The molecule has 0 N–H and O–H groups in total. The molecule has 1 aromatic rings. The highest BCUT2D eigenvalue weighted by molar-refractivity contribution is 5.81. The average Bonchev–Trinajstić information content (AvgIpc) is 2.70. The topological polar surface area (TPSA) is 60.3 Å². The maximum Gasteiger partial charge on any atom is 0.363 e. The SMILES string of the molecule is COC1(N=Nc2ccccc2)CCOC1=O. The third kappa shape index (κ3) is 1.94. The number of cyclic esters (lactones) is 1. The second-order valence-corrected chi connectivity index (χ2v) is 3.41. The van der Waals surface area contributed by atoms with Gasteiger partial charge in [-0.3, -0.25) is 0 Å². The normalized spacial score (nSPS) is 24.9. The number of hydrogen-bond donors (Lipinski definition) is 0. The fraction of sp³-hybridized carbons (Fsp3) is 0.364. The summed E-state index contributed by atoms with van der Waals surface area (Å²) in [5.41, 5.74) is -0.575. The van der Waals surface area contributed by atoms with E-state index in [1.165, 1.54) is 7.11 Å². The maximum atomic E-state index is 11.4.